The van der Waals surface area contributed by atoms with E-state index in [0.717, 1.165) is 29.0 Å². The molecule has 3 heterocycles. The zero-order valence-electron chi connectivity index (χ0n) is 23.0. The summed E-state index contributed by atoms with van der Waals surface area (Å²) in [4.78, 5) is 47.2. The summed E-state index contributed by atoms with van der Waals surface area (Å²) in [5.74, 6) is 0.463. The first kappa shape index (κ1) is 27.8. The predicted octanol–water partition coefficient (Wildman–Crippen LogP) is 4.20. The van der Waals surface area contributed by atoms with Crippen molar-refractivity contribution in [2.75, 3.05) is 26.7 Å². The van der Waals surface area contributed by atoms with E-state index in [0.29, 0.717) is 42.3 Å². The monoisotopic (exact) mass is 562 g/mol. The minimum atomic E-state index is -0.444. The van der Waals surface area contributed by atoms with Gasteiger partial charge in [-0.1, -0.05) is 25.1 Å². The predicted molar refractivity (Wildman–Crippen MR) is 152 cm³/mol. The highest BCUT2D eigenvalue weighted by molar-refractivity contribution is 7.09. The summed E-state index contributed by atoms with van der Waals surface area (Å²) in [5.41, 5.74) is 2.68. The molecule has 0 unspecified atom stereocenters. The number of carbonyl (C=O) groups excluding carboxylic acids is 3. The van der Waals surface area contributed by atoms with Crippen molar-refractivity contribution in [3.63, 3.8) is 0 Å². The van der Waals surface area contributed by atoms with Gasteiger partial charge in [-0.25, -0.2) is 4.98 Å². The maximum Gasteiger partial charge on any atom is 0.273 e. The third kappa shape index (κ3) is 6.34. The Kier molecular flexibility index (Phi) is 8.46. The molecule has 2 aliphatic heterocycles. The average molecular weight is 563 g/mol. The lowest BCUT2D eigenvalue weighted by Gasteiger charge is -2.38. The number of nitrogens with zero attached hydrogens (tertiary/aromatic N) is 3. The van der Waals surface area contributed by atoms with Crippen molar-refractivity contribution >= 4 is 29.1 Å². The number of nitrogens with one attached hydrogen (secondary N) is 1. The maximum absolute atomic E-state index is 13.3. The van der Waals surface area contributed by atoms with Crippen molar-refractivity contribution in [1.82, 2.24) is 20.1 Å². The van der Waals surface area contributed by atoms with Crippen molar-refractivity contribution < 1.29 is 23.9 Å². The van der Waals surface area contributed by atoms with Crippen LogP contribution in [0.1, 0.15) is 56.7 Å². The molecule has 5 rings (SSSR count). The van der Waals surface area contributed by atoms with Crippen LogP contribution in [0.5, 0.6) is 11.5 Å². The summed E-state index contributed by atoms with van der Waals surface area (Å²) in [7, 11) is 1.59. The number of thiazole rings is 1. The Balaban J connectivity index is 1.39. The fraction of sp³-hybridized carbons (Fsp3) is 0.400. The van der Waals surface area contributed by atoms with Gasteiger partial charge < -0.3 is 24.6 Å². The molecule has 0 saturated carbocycles. The number of rotatable bonds is 3. The summed E-state index contributed by atoms with van der Waals surface area (Å²) < 4.78 is 12.5. The maximum atomic E-state index is 13.3. The molecular weight excluding hydrogens is 528 g/mol. The van der Waals surface area contributed by atoms with Crippen LogP contribution in [0.25, 0.3) is 0 Å². The Bertz CT molecular complexity index is 1410. The van der Waals surface area contributed by atoms with Crippen LogP contribution in [0, 0.1) is 6.92 Å². The molecule has 0 aliphatic carbocycles. The highest BCUT2D eigenvalue weighted by Crippen LogP contribution is 2.28. The molecule has 3 aromatic rings. The molecule has 2 aliphatic rings. The molecule has 10 heteroatoms. The van der Waals surface area contributed by atoms with Crippen molar-refractivity contribution in [2.45, 2.75) is 51.9 Å². The summed E-state index contributed by atoms with van der Waals surface area (Å²) in [6.45, 7) is 4.97. The Morgan fingerprint density at radius 1 is 1.20 bits per heavy atom. The lowest BCUT2D eigenvalue weighted by molar-refractivity contribution is -0.124. The third-order valence-electron chi connectivity index (χ3n) is 7.17. The Morgan fingerprint density at radius 2 is 2.05 bits per heavy atom. The number of likely N-dealkylation sites (N-methyl/N-ethyl adjacent to an activating group) is 1. The van der Waals surface area contributed by atoms with Crippen LogP contribution >= 0.6 is 11.3 Å². The van der Waals surface area contributed by atoms with Crippen LogP contribution in [0.2, 0.25) is 0 Å². The fourth-order valence-corrected chi connectivity index (χ4v) is 5.86. The van der Waals surface area contributed by atoms with Crippen LogP contribution in [0.4, 0.5) is 0 Å². The van der Waals surface area contributed by atoms with E-state index in [1.165, 1.54) is 16.2 Å². The summed E-state index contributed by atoms with van der Waals surface area (Å²) >= 11 is 1.50. The largest absolute Gasteiger partial charge is 0.457 e. The number of ether oxygens (including phenoxy) is 2. The van der Waals surface area contributed by atoms with Gasteiger partial charge in [0.25, 0.3) is 11.8 Å². The number of carbonyl (C=O) groups is 3. The number of piperidine rings is 1. The first-order valence-electron chi connectivity index (χ1n) is 13.6. The normalized spacial score (nSPS) is 20.0. The molecule has 40 heavy (non-hydrogen) atoms. The molecule has 1 saturated heterocycles. The molecule has 4 bridgehead atoms. The Morgan fingerprint density at radius 3 is 2.88 bits per heavy atom. The standard InChI is InChI=1S/C30H34N4O5S/c1-4-6-28-32-24(18-40-28)30(37)34-12-11-25-23(15-34)31-27(35)16-33(3)29(36)21-10-9-19(2)26(14-21)39-22-8-5-7-20(13-22)17-38-25/h5,7-10,13-14,18,23,25H,4,6,11-12,15-17H2,1-3H3,(H,31,35)/t23-,25+/m0/s1. The Labute approximate surface area is 238 Å². The molecule has 1 N–H and O–H groups in total. The van der Waals surface area contributed by atoms with Gasteiger partial charge >= 0.3 is 0 Å². The third-order valence-corrected chi connectivity index (χ3v) is 8.08. The number of benzene rings is 2. The van der Waals surface area contributed by atoms with Gasteiger partial charge in [-0.3, -0.25) is 14.4 Å². The van der Waals surface area contributed by atoms with Crippen molar-refractivity contribution in [3.05, 3.63) is 75.2 Å². The van der Waals surface area contributed by atoms with Gasteiger partial charge in [0.15, 0.2) is 0 Å². The molecule has 2 atom stereocenters. The molecule has 0 spiro atoms. The quantitative estimate of drug-likeness (QED) is 0.514. The van der Waals surface area contributed by atoms with E-state index < -0.39 is 6.04 Å². The number of hydrogen-bond acceptors (Lipinski definition) is 7. The molecule has 0 radical (unpaired) electrons. The molecule has 210 valence electrons. The number of fused-ring (bicyclic) bond motifs is 5. The number of amides is 3. The van der Waals surface area contributed by atoms with Gasteiger partial charge in [0, 0.05) is 31.1 Å². The SMILES string of the molecule is CCCc1nc(C(=O)N2CC[C@H]3OCc4cccc(c4)Oc4cc(ccc4C)C(=O)N(C)CC(=O)N[C@H]3C2)cs1. The van der Waals surface area contributed by atoms with Crippen molar-refractivity contribution in [3.8, 4) is 11.5 Å². The molecule has 2 aromatic carbocycles. The van der Waals surface area contributed by atoms with Crippen molar-refractivity contribution in [2.24, 2.45) is 0 Å². The second kappa shape index (κ2) is 12.2. The van der Waals surface area contributed by atoms with Crippen LogP contribution in [-0.2, 0) is 22.6 Å². The summed E-state index contributed by atoms with van der Waals surface area (Å²) in [6.07, 6.45) is 2.05. The highest BCUT2D eigenvalue weighted by atomic mass is 32.1. The van der Waals surface area contributed by atoms with E-state index in [-0.39, 0.29) is 36.9 Å². The van der Waals surface area contributed by atoms with E-state index in [1.54, 1.807) is 29.5 Å². The van der Waals surface area contributed by atoms with Gasteiger partial charge in [0.1, 0.15) is 17.2 Å². The average Bonchev–Trinajstić information content (AvgIpc) is 3.41. The molecule has 1 aromatic heterocycles. The molecular formula is C30H34N4O5S. The number of aryl methyl sites for hydroxylation is 2. The van der Waals surface area contributed by atoms with Gasteiger partial charge in [0.2, 0.25) is 5.91 Å². The lowest BCUT2D eigenvalue weighted by atomic mass is 10.0. The van der Waals surface area contributed by atoms with E-state index in [9.17, 15) is 14.4 Å². The zero-order valence-corrected chi connectivity index (χ0v) is 23.8. The minimum Gasteiger partial charge on any atom is -0.457 e. The van der Waals surface area contributed by atoms with E-state index in [4.69, 9.17) is 9.47 Å². The first-order chi connectivity index (χ1) is 19.3. The van der Waals surface area contributed by atoms with Crippen LogP contribution in [-0.4, -0.2) is 71.3 Å². The number of likely N-dealkylation sites (tertiary alicyclic amines) is 1. The van der Waals surface area contributed by atoms with Gasteiger partial charge in [-0.05, 0) is 61.6 Å². The van der Waals surface area contributed by atoms with E-state index in [1.807, 2.05) is 37.3 Å². The fourth-order valence-electron chi connectivity index (χ4n) is 4.98. The zero-order chi connectivity index (χ0) is 28.2. The smallest absolute Gasteiger partial charge is 0.273 e. The van der Waals surface area contributed by atoms with Crippen LogP contribution in [0.15, 0.2) is 47.8 Å². The highest BCUT2D eigenvalue weighted by Gasteiger charge is 2.34. The Hall–Kier alpha value is -3.76. The minimum absolute atomic E-state index is 0.133. The second-order valence-electron chi connectivity index (χ2n) is 10.3. The van der Waals surface area contributed by atoms with E-state index in [2.05, 4.69) is 17.2 Å². The topological polar surface area (TPSA) is 101 Å². The second-order valence-corrected chi connectivity index (χ2v) is 11.3. The van der Waals surface area contributed by atoms with Gasteiger partial charge in [-0.2, -0.15) is 0 Å². The van der Waals surface area contributed by atoms with Crippen LogP contribution in [0.3, 0.4) is 0 Å². The number of aromatic nitrogens is 1. The molecule has 9 nitrogen and oxygen atoms in total. The van der Waals surface area contributed by atoms with E-state index >= 15 is 0 Å². The summed E-state index contributed by atoms with van der Waals surface area (Å²) in [5, 5.41) is 5.79. The summed E-state index contributed by atoms with van der Waals surface area (Å²) in [6, 6.07) is 12.5. The molecule has 3 amide bonds. The first-order valence-corrected chi connectivity index (χ1v) is 14.5. The van der Waals surface area contributed by atoms with Crippen molar-refractivity contribution in [1.29, 1.82) is 0 Å². The van der Waals surface area contributed by atoms with Crippen LogP contribution < -0.4 is 10.1 Å². The lowest BCUT2D eigenvalue weighted by Crippen LogP contribution is -2.58. The number of hydrogen-bond donors (Lipinski definition) is 1. The van der Waals surface area contributed by atoms with Gasteiger partial charge in [0.05, 0.1) is 30.3 Å². The van der Waals surface area contributed by atoms with Gasteiger partial charge in [-0.15, -0.1) is 11.3 Å². The molecule has 1 fully saturated rings.